The second kappa shape index (κ2) is 8.49. The second-order valence-corrected chi connectivity index (χ2v) is 6.65. The van der Waals surface area contributed by atoms with E-state index in [0.29, 0.717) is 22.8 Å². The molecule has 0 bridgehead atoms. The minimum absolute atomic E-state index is 0.0226. The van der Waals surface area contributed by atoms with Crippen LogP contribution < -0.4 is 10.7 Å². The molecule has 0 saturated heterocycles. The summed E-state index contributed by atoms with van der Waals surface area (Å²) in [6.07, 6.45) is 1.34. The Bertz CT molecular complexity index is 1060. The summed E-state index contributed by atoms with van der Waals surface area (Å²) in [7, 11) is 0. The van der Waals surface area contributed by atoms with E-state index < -0.39 is 11.0 Å². The number of hydrogen-bond donors (Lipinski definition) is 2. The van der Waals surface area contributed by atoms with E-state index in [1.54, 1.807) is 30.3 Å². The van der Waals surface area contributed by atoms with Crippen molar-refractivity contribution < 1.29 is 14.1 Å². The molecule has 0 aliphatic carbocycles. The van der Waals surface area contributed by atoms with Crippen LogP contribution in [-0.2, 0) is 0 Å². The Kier molecular flexibility index (Phi) is 5.85. The van der Waals surface area contributed by atoms with Crippen LogP contribution in [0, 0.1) is 17.0 Å². The van der Waals surface area contributed by atoms with Crippen molar-refractivity contribution in [3.8, 4) is 11.3 Å². The number of anilines is 1. The lowest BCUT2D eigenvalue weighted by Crippen LogP contribution is -2.24. The molecule has 0 aliphatic heterocycles. The number of aryl methyl sites for hydroxylation is 1. The Morgan fingerprint density at radius 3 is 2.79 bits per heavy atom. The number of hydrazone groups is 1. The van der Waals surface area contributed by atoms with Crippen molar-refractivity contribution in [1.82, 2.24) is 5.43 Å². The predicted octanol–water partition coefficient (Wildman–Crippen LogP) is 5.08. The first-order valence-corrected chi connectivity index (χ1v) is 8.92. The van der Waals surface area contributed by atoms with Crippen molar-refractivity contribution >= 4 is 39.6 Å². The van der Waals surface area contributed by atoms with E-state index in [9.17, 15) is 14.9 Å². The number of nitrogens with zero attached hydrogens (tertiary/aromatic N) is 2. The lowest BCUT2D eigenvalue weighted by atomic mass is 10.1. The van der Waals surface area contributed by atoms with Crippen molar-refractivity contribution in [2.75, 3.05) is 5.32 Å². The Morgan fingerprint density at radius 2 is 2.04 bits per heavy atom. The highest BCUT2D eigenvalue weighted by Gasteiger charge is 2.10. The number of nitrogens with one attached hydrogen (secondary N) is 2. The van der Waals surface area contributed by atoms with Gasteiger partial charge in [-0.1, -0.05) is 28.1 Å². The van der Waals surface area contributed by atoms with Gasteiger partial charge in [-0.2, -0.15) is 5.10 Å². The predicted molar refractivity (Wildman–Crippen MR) is 109 cm³/mol. The smallest absolute Gasteiger partial charge is 0.339 e. The number of halogens is 1. The molecule has 8 nitrogen and oxygen atoms in total. The van der Waals surface area contributed by atoms with E-state index in [0.717, 1.165) is 10.0 Å². The number of carbonyl (C=O) groups is 1. The molecular weight excluding hydrogens is 428 g/mol. The minimum atomic E-state index is -0.497. The number of amides is 2. The van der Waals surface area contributed by atoms with Gasteiger partial charge in [0, 0.05) is 27.9 Å². The second-order valence-electron chi connectivity index (χ2n) is 5.80. The van der Waals surface area contributed by atoms with Gasteiger partial charge < -0.3 is 9.73 Å². The third-order valence-electron chi connectivity index (χ3n) is 3.74. The normalized spacial score (nSPS) is 10.8. The maximum Gasteiger partial charge on any atom is 0.339 e. The average molecular weight is 443 g/mol. The zero-order chi connectivity index (χ0) is 20.1. The zero-order valence-electron chi connectivity index (χ0n) is 14.7. The molecule has 9 heteroatoms. The first-order valence-electron chi connectivity index (χ1n) is 8.13. The quantitative estimate of drug-likeness (QED) is 0.326. The van der Waals surface area contributed by atoms with Crippen LogP contribution in [0.4, 0.5) is 16.2 Å². The summed E-state index contributed by atoms with van der Waals surface area (Å²) in [5.74, 6) is 0.848. The number of nitro groups is 1. The van der Waals surface area contributed by atoms with Gasteiger partial charge >= 0.3 is 6.03 Å². The number of carbonyl (C=O) groups excluding carboxylic acids is 1. The first-order chi connectivity index (χ1) is 13.4. The summed E-state index contributed by atoms with van der Waals surface area (Å²) < 4.78 is 6.54. The highest BCUT2D eigenvalue weighted by atomic mass is 79.9. The van der Waals surface area contributed by atoms with Crippen molar-refractivity contribution in [3.05, 3.63) is 80.5 Å². The molecule has 2 amide bonds. The molecule has 2 aromatic carbocycles. The Morgan fingerprint density at radius 1 is 1.21 bits per heavy atom. The zero-order valence-corrected chi connectivity index (χ0v) is 16.3. The summed E-state index contributed by atoms with van der Waals surface area (Å²) in [6, 6.07) is 14.4. The molecule has 0 radical (unpaired) electrons. The van der Waals surface area contributed by atoms with Crippen molar-refractivity contribution in [2.24, 2.45) is 5.10 Å². The molecule has 28 heavy (non-hydrogen) atoms. The summed E-state index contributed by atoms with van der Waals surface area (Å²) >= 11 is 3.40. The van der Waals surface area contributed by atoms with Gasteiger partial charge in [0.2, 0.25) is 0 Å². The molecule has 3 rings (SSSR count). The number of nitro benzene ring substituents is 1. The topological polar surface area (TPSA) is 110 Å². The lowest BCUT2D eigenvalue weighted by molar-refractivity contribution is -0.384. The average Bonchev–Trinajstić information content (AvgIpc) is 3.14. The van der Waals surface area contributed by atoms with Crippen LogP contribution in [-0.4, -0.2) is 17.2 Å². The number of benzene rings is 2. The molecule has 2 N–H and O–H groups in total. The number of rotatable bonds is 5. The van der Waals surface area contributed by atoms with Crippen LogP contribution in [0.2, 0.25) is 0 Å². The molecule has 0 saturated carbocycles. The first kappa shape index (κ1) is 19.3. The molecule has 142 valence electrons. The van der Waals surface area contributed by atoms with E-state index in [4.69, 9.17) is 4.42 Å². The molecule has 3 aromatic rings. The number of hydrogen-bond acceptors (Lipinski definition) is 5. The molecule has 1 heterocycles. The van der Waals surface area contributed by atoms with Gasteiger partial charge in [0.25, 0.3) is 5.69 Å². The van der Waals surface area contributed by atoms with Gasteiger partial charge in [0.15, 0.2) is 0 Å². The van der Waals surface area contributed by atoms with E-state index in [1.807, 2.05) is 19.1 Å². The maximum absolute atomic E-state index is 11.9. The van der Waals surface area contributed by atoms with Crippen LogP contribution in [0.5, 0.6) is 0 Å². The van der Waals surface area contributed by atoms with Crippen LogP contribution in [0.3, 0.4) is 0 Å². The summed E-state index contributed by atoms with van der Waals surface area (Å²) in [5, 5.41) is 17.4. The number of non-ortho nitro benzene ring substituents is 1. The molecule has 0 fully saturated rings. The monoisotopic (exact) mass is 442 g/mol. The van der Waals surface area contributed by atoms with Gasteiger partial charge in [-0.05, 0) is 42.8 Å². The summed E-state index contributed by atoms with van der Waals surface area (Å²) in [5.41, 5.74) is 4.53. The Labute approximate surface area is 168 Å². The van der Waals surface area contributed by atoms with E-state index in [2.05, 4.69) is 31.8 Å². The highest BCUT2D eigenvalue weighted by molar-refractivity contribution is 9.10. The lowest BCUT2D eigenvalue weighted by Gasteiger charge is -2.05. The number of furan rings is 1. The molecule has 0 aliphatic rings. The van der Waals surface area contributed by atoms with Gasteiger partial charge in [0.1, 0.15) is 11.5 Å². The van der Waals surface area contributed by atoms with Gasteiger partial charge in [-0.25, -0.2) is 10.2 Å². The third kappa shape index (κ3) is 4.83. The molecule has 0 unspecified atom stereocenters. The Balaban J connectivity index is 1.61. The van der Waals surface area contributed by atoms with Gasteiger partial charge in [-0.3, -0.25) is 10.1 Å². The van der Waals surface area contributed by atoms with Crippen molar-refractivity contribution in [1.29, 1.82) is 0 Å². The van der Waals surface area contributed by atoms with Gasteiger partial charge in [-0.15, -0.1) is 0 Å². The third-order valence-corrected chi connectivity index (χ3v) is 4.63. The largest absolute Gasteiger partial charge is 0.455 e. The molecule has 0 atom stereocenters. The SMILES string of the molecule is Cc1cc(NC(=O)N/N=C/c2ccc(-c3cccc([N+](=O)[O-])c3)o2)ccc1Br. The van der Waals surface area contributed by atoms with Crippen molar-refractivity contribution in [2.45, 2.75) is 6.92 Å². The molecule has 1 aromatic heterocycles. The van der Waals surface area contributed by atoms with E-state index in [1.165, 1.54) is 18.3 Å². The van der Waals surface area contributed by atoms with Crippen molar-refractivity contribution in [3.63, 3.8) is 0 Å². The molecule has 0 spiro atoms. The van der Waals surface area contributed by atoms with Crippen LogP contribution >= 0.6 is 15.9 Å². The minimum Gasteiger partial charge on any atom is -0.455 e. The van der Waals surface area contributed by atoms with Crippen LogP contribution in [0.1, 0.15) is 11.3 Å². The van der Waals surface area contributed by atoms with Crippen LogP contribution in [0.25, 0.3) is 11.3 Å². The standard InChI is InChI=1S/C19H15BrN4O4/c1-12-9-14(5-7-17(12)20)22-19(25)23-21-11-16-6-8-18(28-16)13-3-2-4-15(10-13)24(26)27/h2-11H,1H3,(H2,22,23,25)/b21-11+. The molecular formula is C19H15BrN4O4. The maximum atomic E-state index is 11.9. The fourth-order valence-corrected chi connectivity index (χ4v) is 2.63. The number of urea groups is 1. The van der Waals surface area contributed by atoms with E-state index >= 15 is 0 Å². The fraction of sp³-hybridized carbons (Fsp3) is 0.0526. The highest BCUT2D eigenvalue weighted by Crippen LogP contribution is 2.25. The van der Waals surface area contributed by atoms with Crippen LogP contribution in [0.15, 0.2) is 68.6 Å². The van der Waals surface area contributed by atoms with E-state index in [-0.39, 0.29) is 5.69 Å². The fourth-order valence-electron chi connectivity index (χ4n) is 2.39. The summed E-state index contributed by atoms with van der Waals surface area (Å²) in [6.45, 7) is 1.92. The Hall–Kier alpha value is -3.46. The summed E-state index contributed by atoms with van der Waals surface area (Å²) in [4.78, 5) is 22.3. The van der Waals surface area contributed by atoms with Gasteiger partial charge in [0.05, 0.1) is 11.1 Å².